The van der Waals surface area contributed by atoms with Gasteiger partial charge >= 0.3 is 0 Å². The van der Waals surface area contributed by atoms with Crippen LogP contribution in [0.15, 0.2) is 18.2 Å². The van der Waals surface area contributed by atoms with Gasteiger partial charge in [0, 0.05) is 13.1 Å². The highest BCUT2D eigenvalue weighted by atomic mass is 19.1. The van der Waals surface area contributed by atoms with E-state index in [1.165, 1.54) is 6.07 Å². The highest BCUT2D eigenvalue weighted by Gasteiger charge is 2.19. The molecule has 90 valence electrons. The molecule has 1 fully saturated rings. The highest BCUT2D eigenvalue weighted by molar-refractivity contribution is 5.48. The SMILES string of the molecule is CN1CCC(CNc2ccc(C#N)cc2F)C1. The minimum atomic E-state index is -0.351. The number of anilines is 1. The third-order valence-corrected chi connectivity index (χ3v) is 3.17. The maximum absolute atomic E-state index is 13.6. The van der Waals surface area contributed by atoms with E-state index in [1.807, 2.05) is 6.07 Å². The van der Waals surface area contributed by atoms with E-state index >= 15 is 0 Å². The second kappa shape index (κ2) is 5.15. The Bertz CT molecular complexity index is 439. The fraction of sp³-hybridized carbons (Fsp3) is 0.462. The Kier molecular flexibility index (Phi) is 3.60. The van der Waals surface area contributed by atoms with Gasteiger partial charge in [-0.15, -0.1) is 0 Å². The molecule has 1 aromatic rings. The van der Waals surface area contributed by atoms with Crippen molar-refractivity contribution in [3.63, 3.8) is 0 Å². The number of halogens is 1. The number of rotatable bonds is 3. The number of nitrogens with one attached hydrogen (secondary N) is 1. The van der Waals surface area contributed by atoms with Crippen LogP contribution in [0.3, 0.4) is 0 Å². The third kappa shape index (κ3) is 2.95. The largest absolute Gasteiger partial charge is 0.382 e. The van der Waals surface area contributed by atoms with E-state index in [0.29, 0.717) is 17.2 Å². The lowest BCUT2D eigenvalue weighted by Gasteiger charge is -2.13. The van der Waals surface area contributed by atoms with Crippen LogP contribution in [0.2, 0.25) is 0 Å². The lowest BCUT2D eigenvalue weighted by Crippen LogP contribution is -2.19. The summed E-state index contributed by atoms with van der Waals surface area (Å²) in [5, 5.41) is 11.8. The zero-order chi connectivity index (χ0) is 12.3. The van der Waals surface area contributed by atoms with Crippen LogP contribution in [0.4, 0.5) is 10.1 Å². The predicted molar refractivity (Wildman–Crippen MR) is 65.2 cm³/mol. The average molecular weight is 233 g/mol. The monoisotopic (exact) mass is 233 g/mol. The minimum absolute atomic E-state index is 0.351. The standard InChI is InChI=1S/C13H16FN3/c1-17-5-4-11(9-17)8-16-13-3-2-10(7-15)6-12(13)14/h2-3,6,11,16H,4-5,8-9H2,1H3. The zero-order valence-electron chi connectivity index (χ0n) is 9.91. The molecule has 0 spiro atoms. The number of hydrogen-bond donors (Lipinski definition) is 1. The molecular weight excluding hydrogens is 217 g/mol. The molecule has 0 aromatic heterocycles. The second-order valence-electron chi connectivity index (χ2n) is 4.60. The Morgan fingerprint density at radius 1 is 1.59 bits per heavy atom. The van der Waals surface area contributed by atoms with Gasteiger partial charge < -0.3 is 10.2 Å². The molecule has 0 aliphatic carbocycles. The smallest absolute Gasteiger partial charge is 0.147 e. The molecule has 0 saturated carbocycles. The zero-order valence-corrected chi connectivity index (χ0v) is 9.91. The molecule has 1 aliphatic heterocycles. The summed E-state index contributed by atoms with van der Waals surface area (Å²) >= 11 is 0. The summed E-state index contributed by atoms with van der Waals surface area (Å²) in [6.45, 7) is 2.96. The van der Waals surface area contributed by atoms with E-state index in [4.69, 9.17) is 5.26 Å². The van der Waals surface area contributed by atoms with Crippen molar-refractivity contribution in [2.45, 2.75) is 6.42 Å². The van der Waals surface area contributed by atoms with Crippen molar-refractivity contribution >= 4 is 5.69 Å². The van der Waals surface area contributed by atoms with Crippen molar-refractivity contribution < 1.29 is 4.39 Å². The number of nitriles is 1. The van der Waals surface area contributed by atoms with Crippen LogP contribution in [0.5, 0.6) is 0 Å². The van der Waals surface area contributed by atoms with Gasteiger partial charge in [-0.05, 0) is 44.1 Å². The fourth-order valence-electron chi connectivity index (χ4n) is 2.18. The van der Waals surface area contributed by atoms with Crippen LogP contribution < -0.4 is 5.32 Å². The molecule has 1 atom stereocenters. The van der Waals surface area contributed by atoms with Crippen LogP contribution >= 0.6 is 0 Å². The van der Waals surface area contributed by atoms with Gasteiger partial charge in [-0.3, -0.25) is 0 Å². The number of hydrogen-bond acceptors (Lipinski definition) is 3. The number of nitrogens with zero attached hydrogens (tertiary/aromatic N) is 2. The lowest BCUT2D eigenvalue weighted by atomic mass is 10.1. The molecule has 4 heteroatoms. The Balaban J connectivity index is 1.93. The van der Waals surface area contributed by atoms with Gasteiger partial charge in [-0.2, -0.15) is 5.26 Å². The lowest BCUT2D eigenvalue weighted by molar-refractivity contribution is 0.399. The molecule has 1 aliphatic rings. The van der Waals surface area contributed by atoms with Gasteiger partial charge in [0.2, 0.25) is 0 Å². The number of benzene rings is 1. The Labute approximate surface area is 101 Å². The van der Waals surface area contributed by atoms with E-state index in [0.717, 1.165) is 26.1 Å². The predicted octanol–water partition coefficient (Wildman–Crippen LogP) is 2.06. The topological polar surface area (TPSA) is 39.1 Å². The van der Waals surface area contributed by atoms with Crippen molar-refractivity contribution in [2.75, 3.05) is 32.0 Å². The first-order valence-corrected chi connectivity index (χ1v) is 5.81. The van der Waals surface area contributed by atoms with Crippen molar-refractivity contribution in [2.24, 2.45) is 5.92 Å². The summed E-state index contributed by atoms with van der Waals surface area (Å²) in [7, 11) is 2.10. The third-order valence-electron chi connectivity index (χ3n) is 3.17. The van der Waals surface area contributed by atoms with Crippen LogP contribution in [-0.2, 0) is 0 Å². The van der Waals surface area contributed by atoms with E-state index in [-0.39, 0.29) is 5.82 Å². The molecule has 1 unspecified atom stereocenters. The van der Waals surface area contributed by atoms with E-state index in [2.05, 4.69) is 17.3 Å². The van der Waals surface area contributed by atoms with Gasteiger partial charge in [0.15, 0.2) is 0 Å². The first-order valence-electron chi connectivity index (χ1n) is 5.81. The minimum Gasteiger partial charge on any atom is -0.382 e. The quantitative estimate of drug-likeness (QED) is 0.868. The molecule has 17 heavy (non-hydrogen) atoms. The van der Waals surface area contributed by atoms with Crippen LogP contribution in [0.25, 0.3) is 0 Å². The molecule has 3 nitrogen and oxygen atoms in total. The summed E-state index contributed by atoms with van der Waals surface area (Å²) in [6, 6.07) is 6.45. The summed E-state index contributed by atoms with van der Waals surface area (Å²) in [5.74, 6) is 0.227. The summed E-state index contributed by atoms with van der Waals surface area (Å²) in [4.78, 5) is 2.28. The first kappa shape index (κ1) is 11.9. The normalized spacial score (nSPS) is 20.2. The summed E-state index contributed by atoms with van der Waals surface area (Å²) in [6.07, 6.45) is 1.15. The van der Waals surface area contributed by atoms with Gasteiger partial charge in [0.1, 0.15) is 5.82 Å². The Morgan fingerprint density at radius 3 is 3.00 bits per heavy atom. The molecule has 1 heterocycles. The Morgan fingerprint density at radius 2 is 2.41 bits per heavy atom. The van der Waals surface area contributed by atoms with Crippen molar-refractivity contribution in [1.29, 1.82) is 5.26 Å². The summed E-state index contributed by atoms with van der Waals surface area (Å²) < 4.78 is 13.6. The van der Waals surface area contributed by atoms with Crippen LogP contribution in [-0.4, -0.2) is 31.6 Å². The molecule has 0 amide bonds. The summed E-state index contributed by atoms with van der Waals surface area (Å²) in [5.41, 5.74) is 0.840. The molecule has 0 bridgehead atoms. The van der Waals surface area contributed by atoms with E-state index in [1.54, 1.807) is 12.1 Å². The van der Waals surface area contributed by atoms with Gasteiger partial charge in [-0.25, -0.2) is 4.39 Å². The van der Waals surface area contributed by atoms with Crippen molar-refractivity contribution in [3.05, 3.63) is 29.6 Å². The number of likely N-dealkylation sites (tertiary alicyclic amines) is 1. The fourth-order valence-corrected chi connectivity index (χ4v) is 2.18. The molecular formula is C13H16FN3. The van der Waals surface area contributed by atoms with E-state index in [9.17, 15) is 4.39 Å². The maximum atomic E-state index is 13.6. The van der Waals surface area contributed by atoms with Crippen molar-refractivity contribution in [3.8, 4) is 6.07 Å². The Hall–Kier alpha value is -1.60. The van der Waals surface area contributed by atoms with Crippen molar-refractivity contribution in [1.82, 2.24) is 4.90 Å². The molecule has 0 radical (unpaired) electrons. The maximum Gasteiger partial charge on any atom is 0.147 e. The second-order valence-corrected chi connectivity index (χ2v) is 4.60. The molecule has 1 N–H and O–H groups in total. The van der Waals surface area contributed by atoms with Gasteiger partial charge in [0.05, 0.1) is 17.3 Å². The van der Waals surface area contributed by atoms with Gasteiger partial charge in [0.25, 0.3) is 0 Å². The molecule has 1 saturated heterocycles. The van der Waals surface area contributed by atoms with Gasteiger partial charge in [-0.1, -0.05) is 0 Å². The van der Waals surface area contributed by atoms with Crippen LogP contribution in [0.1, 0.15) is 12.0 Å². The molecule has 1 aromatic carbocycles. The average Bonchev–Trinajstić information content (AvgIpc) is 2.73. The first-order chi connectivity index (χ1) is 8.19. The molecule has 2 rings (SSSR count). The van der Waals surface area contributed by atoms with E-state index < -0.39 is 0 Å². The van der Waals surface area contributed by atoms with Crippen LogP contribution in [0, 0.1) is 23.1 Å². The highest BCUT2D eigenvalue weighted by Crippen LogP contribution is 2.18.